The molecule has 2 heterocycles. The molecule has 5 heteroatoms. The molecule has 0 aliphatic carbocycles. The monoisotopic (exact) mass is 390 g/mol. The smallest absolute Gasteiger partial charge is 0.118 e. The van der Waals surface area contributed by atoms with Crippen LogP contribution < -0.4 is 4.74 Å². The first kappa shape index (κ1) is 19.7. The summed E-state index contributed by atoms with van der Waals surface area (Å²) >= 11 is 4.45. The van der Waals surface area contributed by atoms with Crippen molar-refractivity contribution < 1.29 is 4.74 Å². The lowest BCUT2D eigenvalue weighted by molar-refractivity contribution is 0.414. The van der Waals surface area contributed by atoms with Gasteiger partial charge in [0.2, 0.25) is 0 Å². The Hall–Kier alpha value is -1.07. The van der Waals surface area contributed by atoms with E-state index in [1.165, 1.54) is 43.4 Å². The van der Waals surface area contributed by atoms with E-state index in [2.05, 4.69) is 70.5 Å². The van der Waals surface area contributed by atoms with Gasteiger partial charge in [-0.25, -0.2) is 4.98 Å². The first-order chi connectivity index (χ1) is 12.7. The van der Waals surface area contributed by atoms with E-state index in [1.807, 2.05) is 12.5 Å². The molecule has 1 fully saturated rings. The van der Waals surface area contributed by atoms with Crippen LogP contribution in [0.4, 0.5) is 0 Å². The molecule has 0 saturated carbocycles. The standard InChI is InChI=1S/C21H30N2OS2/c1-3-4-5-20-16-25-21(26-20,12-14-23-15-13-22-17-23)11-10-18-6-8-19(24-2)9-7-18/h6-9,13,15,17,20H,3-5,10-12,14,16H2,1-2H3. The van der Waals surface area contributed by atoms with E-state index in [4.69, 9.17) is 4.74 Å². The topological polar surface area (TPSA) is 27.1 Å². The Morgan fingerprint density at radius 2 is 2.12 bits per heavy atom. The van der Waals surface area contributed by atoms with Gasteiger partial charge >= 0.3 is 0 Å². The van der Waals surface area contributed by atoms with Gasteiger partial charge in [0.1, 0.15) is 5.75 Å². The number of hydrogen-bond donors (Lipinski definition) is 0. The zero-order valence-corrected chi connectivity index (χ0v) is 17.5. The lowest BCUT2D eigenvalue weighted by Gasteiger charge is -2.28. The number of methoxy groups -OCH3 is 1. The molecule has 1 aliphatic heterocycles. The van der Waals surface area contributed by atoms with Gasteiger partial charge in [-0.2, -0.15) is 0 Å². The molecule has 3 rings (SSSR count). The van der Waals surface area contributed by atoms with Crippen LogP contribution in [0.3, 0.4) is 0 Å². The quantitative estimate of drug-likeness (QED) is 0.524. The summed E-state index contributed by atoms with van der Waals surface area (Å²) in [5.41, 5.74) is 1.41. The van der Waals surface area contributed by atoms with Crippen molar-refractivity contribution in [3.63, 3.8) is 0 Å². The molecule has 2 atom stereocenters. The van der Waals surface area contributed by atoms with Crippen molar-refractivity contribution >= 4 is 23.5 Å². The molecule has 26 heavy (non-hydrogen) atoms. The Balaban J connectivity index is 1.62. The number of aromatic nitrogens is 2. The van der Waals surface area contributed by atoms with Crippen LogP contribution in [0.2, 0.25) is 0 Å². The van der Waals surface area contributed by atoms with Crippen molar-refractivity contribution in [2.45, 2.75) is 61.3 Å². The Bertz CT molecular complexity index is 645. The van der Waals surface area contributed by atoms with Gasteiger partial charge in [0.15, 0.2) is 0 Å². The predicted molar refractivity (Wildman–Crippen MR) is 114 cm³/mol. The average molecular weight is 391 g/mol. The molecule has 2 unspecified atom stereocenters. The molecule has 1 aliphatic rings. The largest absolute Gasteiger partial charge is 0.497 e. The number of thioether (sulfide) groups is 2. The maximum absolute atomic E-state index is 5.28. The Morgan fingerprint density at radius 3 is 2.81 bits per heavy atom. The van der Waals surface area contributed by atoms with Crippen molar-refractivity contribution in [1.82, 2.24) is 9.55 Å². The van der Waals surface area contributed by atoms with Gasteiger partial charge in [-0.05, 0) is 43.4 Å². The minimum Gasteiger partial charge on any atom is -0.497 e. The fraction of sp³-hybridized carbons (Fsp3) is 0.571. The molecule has 0 radical (unpaired) electrons. The van der Waals surface area contributed by atoms with Gasteiger partial charge in [-0.15, -0.1) is 23.5 Å². The molecule has 1 saturated heterocycles. The van der Waals surface area contributed by atoms with Crippen LogP contribution >= 0.6 is 23.5 Å². The van der Waals surface area contributed by atoms with Crippen molar-refractivity contribution in [3.8, 4) is 5.75 Å². The minimum absolute atomic E-state index is 0.336. The number of benzene rings is 1. The molecule has 1 aromatic heterocycles. The van der Waals surface area contributed by atoms with E-state index in [-0.39, 0.29) is 0 Å². The van der Waals surface area contributed by atoms with Crippen LogP contribution in [0.15, 0.2) is 43.0 Å². The average Bonchev–Trinajstić information content (AvgIpc) is 3.34. The minimum atomic E-state index is 0.336. The molecule has 0 bridgehead atoms. The first-order valence-electron chi connectivity index (χ1n) is 9.63. The second-order valence-electron chi connectivity index (χ2n) is 7.00. The first-order valence-corrected chi connectivity index (χ1v) is 11.5. The fourth-order valence-corrected chi connectivity index (χ4v) is 7.24. The maximum Gasteiger partial charge on any atom is 0.118 e. The summed E-state index contributed by atoms with van der Waals surface area (Å²) in [6.45, 7) is 3.35. The third-order valence-corrected chi connectivity index (χ3v) is 8.99. The fourth-order valence-electron chi connectivity index (χ4n) is 3.42. The van der Waals surface area contributed by atoms with Crippen molar-refractivity contribution in [2.75, 3.05) is 12.9 Å². The van der Waals surface area contributed by atoms with Gasteiger partial charge in [-0.3, -0.25) is 0 Å². The highest BCUT2D eigenvalue weighted by Crippen LogP contribution is 2.54. The van der Waals surface area contributed by atoms with Crippen LogP contribution in [0.1, 0.15) is 44.6 Å². The predicted octanol–water partition coefficient (Wildman–Crippen LogP) is 5.65. The summed E-state index contributed by atoms with van der Waals surface area (Å²) in [6.07, 6.45) is 13.5. The van der Waals surface area contributed by atoms with Gasteiger partial charge in [0.05, 0.1) is 17.5 Å². The summed E-state index contributed by atoms with van der Waals surface area (Å²) in [4.78, 5) is 4.19. The molecular weight excluding hydrogens is 360 g/mol. The van der Waals surface area contributed by atoms with Gasteiger partial charge in [0, 0.05) is 29.9 Å². The summed E-state index contributed by atoms with van der Waals surface area (Å²) in [5.74, 6) is 2.24. The van der Waals surface area contributed by atoms with Crippen LogP contribution in [0, 0.1) is 0 Å². The summed E-state index contributed by atoms with van der Waals surface area (Å²) in [5, 5.41) is 0.818. The third-order valence-electron chi connectivity index (χ3n) is 5.06. The zero-order valence-electron chi connectivity index (χ0n) is 15.9. The van der Waals surface area contributed by atoms with E-state index < -0.39 is 0 Å². The van der Waals surface area contributed by atoms with Gasteiger partial charge < -0.3 is 9.30 Å². The molecular formula is C21H30N2OS2. The number of rotatable bonds is 10. The Labute approximate surface area is 166 Å². The number of hydrogen-bond acceptors (Lipinski definition) is 4. The van der Waals surface area contributed by atoms with Crippen molar-refractivity contribution in [3.05, 3.63) is 48.5 Å². The third kappa shape index (κ3) is 5.46. The Kier molecular flexibility index (Phi) is 7.38. The second-order valence-corrected chi connectivity index (χ2v) is 10.3. The van der Waals surface area contributed by atoms with Gasteiger partial charge in [0.25, 0.3) is 0 Å². The van der Waals surface area contributed by atoms with E-state index in [1.54, 1.807) is 7.11 Å². The molecule has 0 amide bonds. The molecule has 142 valence electrons. The highest BCUT2D eigenvalue weighted by molar-refractivity contribution is 8.21. The maximum atomic E-state index is 5.28. The van der Waals surface area contributed by atoms with Crippen LogP contribution in [-0.2, 0) is 13.0 Å². The van der Waals surface area contributed by atoms with E-state index in [0.717, 1.165) is 24.0 Å². The van der Waals surface area contributed by atoms with Crippen LogP contribution in [0.25, 0.3) is 0 Å². The highest BCUT2D eigenvalue weighted by Gasteiger charge is 2.39. The van der Waals surface area contributed by atoms with Crippen molar-refractivity contribution in [1.29, 1.82) is 0 Å². The SMILES string of the molecule is CCCCC1CSC(CCc2ccc(OC)cc2)(CCn2ccnc2)S1. The van der Waals surface area contributed by atoms with E-state index in [0.29, 0.717) is 4.08 Å². The summed E-state index contributed by atoms with van der Waals surface area (Å²) in [7, 11) is 1.72. The number of aryl methyl sites for hydroxylation is 2. The van der Waals surface area contributed by atoms with Gasteiger partial charge in [-0.1, -0.05) is 31.9 Å². The summed E-state index contributed by atoms with van der Waals surface area (Å²) < 4.78 is 7.84. The molecule has 0 N–H and O–H groups in total. The normalized spacial score (nSPS) is 22.6. The molecule has 3 nitrogen and oxygen atoms in total. The molecule has 1 aromatic carbocycles. The van der Waals surface area contributed by atoms with E-state index in [9.17, 15) is 0 Å². The van der Waals surface area contributed by atoms with Crippen LogP contribution in [-0.4, -0.2) is 31.7 Å². The number of ether oxygens (including phenoxy) is 1. The lowest BCUT2D eigenvalue weighted by atomic mass is 10.1. The molecule has 0 spiro atoms. The number of imidazole rings is 1. The van der Waals surface area contributed by atoms with Crippen molar-refractivity contribution in [2.24, 2.45) is 0 Å². The zero-order chi connectivity index (χ0) is 18.2. The van der Waals surface area contributed by atoms with E-state index >= 15 is 0 Å². The second kappa shape index (κ2) is 9.75. The highest BCUT2D eigenvalue weighted by atomic mass is 32.2. The Morgan fingerprint density at radius 1 is 1.27 bits per heavy atom. The summed E-state index contributed by atoms with van der Waals surface area (Å²) in [6, 6.07) is 8.57. The number of unbranched alkanes of at least 4 members (excludes halogenated alkanes) is 1. The van der Waals surface area contributed by atoms with Crippen LogP contribution in [0.5, 0.6) is 5.75 Å². The number of nitrogens with zero attached hydrogens (tertiary/aromatic N) is 2. The lowest BCUT2D eigenvalue weighted by Crippen LogP contribution is -2.21. The molecule has 2 aromatic rings.